The van der Waals surface area contributed by atoms with Crippen molar-refractivity contribution in [1.29, 1.82) is 0 Å². The third-order valence-electron chi connectivity index (χ3n) is 4.31. The van der Waals surface area contributed by atoms with Gasteiger partial charge in [0.15, 0.2) is 0 Å². The van der Waals surface area contributed by atoms with Crippen LogP contribution in [0.15, 0.2) is 65.6 Å². The number of ether oxygens (including phenoxy) is 2. The van der Waals surface area contributed by atoms with Crippen molar-refractivity contribution < 1.29 is 17.9 Å². The predicted octanol–water partition coefficient (Wildman–Crippen LogP) is 3.68. The Morgan fingerprint density at radius 3 is 2.31 bits per heavy atom. The van der Waals surface area contributed by atoms with E-state index in [4.69, 9.17) is 9.47 Å². The van der Waals surface area contributed by atoms with Gasteiger partial charge in [0.05, 0.1) is 19.1 Å². The Morgan fingerprint density at radius 1 is 0.885 bits per heavy atom. The van der Waals surface area contributed by atoms with Crippen LogP contribution >= 0.6 is 0 Å². The zero-order valence-electron chi connectivity index (χ0n) is 15.0. The standard InChI is InChI=1S/C20H21NO4S/c1-21(14-17-6-4-5-7-20(17)25-3)26(22,23)19-11-9-15-12-18(24-2)10-8-16(15)13-19/h4-13H,14H2,1-3H3. The summed E-state index contributed by atoms with van der Waals surface area (Å²) in [6, 6.07) is 18.0. The average molecular weight is 371 g/mol. The molecule has 136 valence electrons. The summed E-state index contributed by atoms with van der Waals surface area (Å²) >= 11 is 0. The molecule has 0 atom stereocenters. The van der Waals surface area contributed by atoms with Crippen LogP contribution in [-0.4, -0.2) is 34.0 Å². The lowest BCUT2D eigenvalue weighted by molar-refractivity contribution is 0.398. The Bertz CT molecular complexity index is 1030. The highest BCUT2D eigenvalue weighted by Gasteiger charge is 2.22. The molecule has 0 aliphatic heterocycles. The topological polar surface area (TPSA) is 55.8 Å². The van der Waals surface area contributed by atoms with Crippen molar-refractivity contribution in [2.45, 2.75) is 11.4 Å². The first-order valence-corrected chi connectivity index (χ1v) is 9.56. The minimum absolute atomic E-state index is 0.229. The van der Waals surface area contributed by atoms with Gasteiger partial charge in [-0.05, 0) is 41.1 Å². The number of benzene rings is 3. The molecule has 0 spiro atoms. The second-order valence-corrected chi connectivity index (χ2v) is 7.99. The molecule has 0 saturated heterocycles. The summed E-state index contributed by atoms with van der Waals surface area (Å²) in [7, 11) is 1.12. The number of para-hydroxylation sites is 1. The van der Waals surface area contributed by atoms with E-state index in [2.05, 4.69) is 0 Å². The second-order valence-electron chi connectivity index (χ2n) is 5.95. The zero-order chi connectivity index (χ0) is 18.7. The van der Waals surface area contributed by atoms with Crippen molar-refractivity contribution in [1.82, 2.24) is 4.31 Å². The molecule has 0 aliphatic carbocycles. The second kappa shape index (κ2) is 7.35. The van der Waals surface area contributed by atoms with Crippen LogP contribution in [0.4, 0.5) is 0 Å². The van der Waals surface area contributed by atoms with Gasteiger partial charge in [-0.2, -0.15) is 4.31 Å². The largest absolute Gasteiger partial charge is 0.497 e. The number of rotatable bonds is 6. The Kier molecular flexibility index (Phi) is 5.15. The summed E-state index contributed by atoms with van der Waals surface area (Å²) in [6.45, 7) is 0.229. The van der Waals surface area contributed by atoms with Gasteiger partial charge in [0.1, 0.15) is 11.5 Å². The van der Waals surface area contributed by atoms with E-state index in [0.29, 0.717) is 5.75 Å². The molecule has 0 heterocycles. The fraction of sp³-hybridized carbons (Fsp3) is 0.200. The summed E-state index contributed by atoms with van der Waals surface area (Å²) < 4.78 is 37.8. The molecule has 3 aromatic carbocycles. The number of nitrogens with zero attached hydrogens (tertiary/aromatic N) is 1. The van der Waals surface area contributed by atoms with Crippen molar-refractivity contribution in [3.05, 3.63) is 66.2 Å². The summed E-state index contributed by atoms with van der Waals surface area (Å²) in [5.74, 6) is 1.40. The van der Waals surface area contributed by atoms with E-state index in [1.165, 1.54) is 4.31 Å². The molecule has 0 unspecified atom stereocenters. The summed E-state index contributed by atoms with van der Waals surface area (Å²) in [4.78, 5) is 0.257. The summed E-state index contributed by atoms with van der Waals surface area (Å²) in [6.07, 6.45) is 0. The van der Waals surface area contributed by atoms with E-state index in [1.807, 2.05) is 42.5 Å². The zero-order valence-corrected chi connectivity index (χ0v) is 15.8. The molecule has 6 heteroatoms. The van der Waals surface area contributed by atoms with Crippen molar-refractivity contribution in [3.8, 4) is 11.5 Å². The summed E-state index contributed by atoms with van der Waals surface area (Å²) in [5, 5.41) is 1.77. The van der Waals surface area contributed by atoms with Crippen LogP contribution in [0.25, 0.3) is 10.8 Å². The van der Waals surface area contributed by atoms with Gasteiger partial charge in [-0.1, -0.05) is 30.3 Å². The van der Waals surface area contributed by atoms with E-state index in [1.54, 1.807) is 39.5 Å². The maximum absolute atomic E-state index is 13.0. The molecule has 0 aromatic heterocycles. The molecular formula is C20H21NO4S. The van der Waals surface area contributed by atoms with Gasteiger partial charge in [-0.3, -0.25) is 0 Å². The fourth-order valence-electron chi connectivity index (χ4n) is 2.83. The van der Waals surface area contributed by atoms with Gasteiger partial charge in [-0.25, -0.2) is 8.42 Å². The van der Waals surface area contributed by atoms with Gasteiger partial charge in [0, 0.05) is 19.2 Å². The number of fused-ring (bicyclic) bond motifs is 1. The Morgan fingerprint density at radius 2 is 1.58 bits per heavy atom. The van der Waals surface area contributed by atoms with Crippen molar-refractivity contribution >= 4 is 20.8 Å². The lowest BCUT2D eigenvalue weighted by atomic mass is 10.1. The van der Waals surface area contributed by atoms with Crippen LogP contribution in [0.3, 0.4) is 0 Å². The van der Waals surface area contributed by atoms with Crippen molar-refractivity contribution in [3.63, 3.8) is 0 Å². The monoisotopic (exact) mass is 371 g/mol. The van der Waals surface area contributed by atoms with Gasteiger partial charge in [0.25, 0.3) is 0 Å². The van der Waals surface area contributed by atoms with E-state index in [9.17, 15) is 8.42 Å². The van der Waals surface area contributed by atoms with E-state index in [0.717, 1.165) is 22.1 Å². The smallest absolute Gasteiger partial charge is 0.243 e. The van der Waals surface area contributed by atoms with E-state index < -0.39 is 10.0 Å². The molecule has 0 N–H and O–H groups in total. The van der Waals surface area contributed by atoms with Crippen LogP contribution in [0.1, 0.15) is 5.56 Å². The normalized spacial score (nSPS) is 11.7. The molecule has 0 aliphatic rings. The molecule has 3 rings (SSSR count). The van der Waals surface area contributed by atoms with Crippen LogP contribution in [0.2, 0.25) is 0 Å². The molecular weight excluding hydrogens is 350 g/mol. The third kappa shape index (κ3) is 3.52. The quantitative estimate of drug-likeness (QED) is 0.663. The lowest BCUT2D eigenvalue weighted by Crippen LogP contribution is -2.26. The molecule has 3 aromatic rings. The average Bonchev–Trinajstić information content (AvgIpc) is 2.67. The number of methoxy groups -OCH3 is 2. The molecule has 0 amide bonds. The molecule has 0 saturated carbocycles. The number of hydrogen-bond donors (Lipinski definition) is 0. The highest BCUT2D eigenvalue weighted by Crippen LogP contribution is 2.26. The van der Waals surface area contributed by atoms with Crippen LogP contribution < -0.4 is 9.47 Å². The maximum atomic E-state index is 13.0. The van der Waals surface area contributed by atoms with E-state index >= 15 is 0 Å². The maximum Gasteiger partial charge on any atom is 0.243 e. The lowest BCUT2D eigenvalue weighted by Gasteiger charge is -2.19. The van der Waals surface area contributed by atoms with Crippen molar-refractivity contribution in [2.24, 2.45) is 0 Å². The van der Waals surface area contributed by atoms with E-state index in [-0.39, 0.29) is 11.4 Å². The minimum Gasteiger partial charge on any atom is -0.497 e. The van der Waals surface area contributed by atoms with Gasteiger partial charge >= 0.3 is 0 Å². The van der Waals surface area contributed by atoms with Crippen molar-refractivity contribution in [2.75, 3.05) is 21.3 Å². The molecule has 0 radical (unpaired) electrons. The van der Waals surface area contributed by atoms with Gasteiger partial charge in [-0.15, -0.1) is 0 Å². The summed E-state index contributed by atoms with van der Waals surface area (Å²) in [5.41, 5.74) is 0.812. The van der Waals surface area contributed by atoms with Crippen LogP contribution in [0, 0.1) is 0 Å². The van der Waals surface area contributed by atoms with Gasteiger partial charge in [0.2, 0.25) is 10.0 Å². The predicted molar refractivity (Wildman–Crippen MR) is 102 cm³/mol. The molecule has 5 nitrogen and oxygen atoms in total. The first-order chi connectivity index (χ1) is 12.5. The Labute approximate surface area is 153 Å². The van der Waals surface area contributed by atoms with Crippen LogP contribution in [-0.2, 0) is 16.6 Å². The Balaban J connectivity index is 1.92. The SMILES string of the molecule is COc1ccc2cc(S(=O)(=O)N(C)Cc3ccccc3OC)ccc2c1. The molecule has 0 fully saturated rings. The molecule has 0 bridgehead atoms. The highest BCUT2D eigenvalue weighted by molar-refractivity contribution is 7.89. The number of hydrogen-bond acceptors (Lipinski definition) is 4. The van der Waals surface area contributed by atoms with Crippen LogP contribution in [0.5, 0.6) is 11.5 Å². The molecule has 26 heavy (non-hydrogen) atoms. The first-order valence-electron chi connectivity index (χ1n) is 8.12. The fourth-order valence-corrected chi connectivity index (χ4v) is 4.01. The first kappa shape index (κ1) is 18.2. The Hall–Kier alpha value is -2.57. The highest BCUT2D eigenvalue weighted by atomic mass is 32.2. The third-order valence-corrected chi connectivity index (χ3v) is 6.11. The minimum atomic E-state index is -3.62. The van der Waals surface area contributed by atoms with Gasteiger partial charge < -0.3 is 9.47 Å². The number of sulfonamides is 1.